The summed E-state index contributed by atoms with van der Waals surface area (Å²) < 4.78 is 11.0. The molecular weight excluding hydrogens is 232 g/mol. The fraction of sp³-hybridized carbons (Fsp3) is 0.462. The van der Waals surface area contributed by atoms with E-state index in [2.05, 4.69) is 10.6 Å². The van der Waals surface area contributed by atoms with Crippen molar-refractivity contribution in [1.82, 2.24) is 5.32 Å². The van der Waals surface area contributed by atoms with Gasteiger partial charge in [-0.3, -0.25) is 0 Å². The number of anilines is 1. The average Bonchev–Trinajstić information content (AvgIpc) is 2.89. The van der Waals surface area contributed by atoms with Gasteiger partial charge in [0.1, 0.15) is 5.75 Å². The summed E-state index contributed by atoms with van der Waals surface area (Å²) in [7, 11) is 0. The van der Waals surface area contributed by atoms with Crippen LogP contribution in [0.5, 0.6) is 5.75 Å². The summed E-state index contributed by atoms with van der Waals surface area (Å²) in [5, 5.41) is 5.50. The van der Waals surface area contributed by atoms with E-state index in [1.807, 2.05) is 18.2 Å². The second kappa shape index (κ2) is 4.86. The van der Waals surface area contributed by atoms with Gasteiger partial charge in [0.25, 0.3) is 0 Å². The van der Waals surface area contributed by atoms with Gasteiger partial charge in [-0.1, -0.05) is 6.07 Å². The SMILES string of the molecule is O=C1NCc2ccc(OCC3CCOC3)cc2N1. The van der Waals surface area contributed by atoms with Gasteiger partial charge in [0.05, 0.1) is 18.9 Å². The average molecular weight is 248 g/mol. The van der Waals surface area contributed by atoms with E-state index in [1.54, 1.807) is 0 Å². The maximum atomic E-state index is 11.2. The van der Waals surface area contributed by atoms with E-state index in [1.165, 1.54) is 0 Å². The molecule has 1 aromatic carbocycles. The van der Waals surface area contributed by atoms with Crippen molar-refractivity contribution < 1.29 is 14.3 Å². The second-order valence-corrected chi connectivity index (χ2v) is 4.67. The van der Waals surface area contributed by atoms with E-state index < -0.39 is 0 Å². The molecule has 0 spiro atoms. The zero-order valence-electron chi connectivity index (χ0n) is 10.1. The number of urea groups is 1. The van der Waals surface area contributed by atoms with Gasteiger partial charge in [-0.05, 0) is 18.1 Å². The number of fused-ring (bicyclic) bond motifs is 1. The number of nitrogens with one attached hydrogen (secondary N) is 2. The quantitative estimate of drug-likeness (QED) is 0.856. The molecule has 1 unspecified atom stereocenters. The van der Waals surface area contributed by atoms with Crippen LogP contribution in [-0.2, 0) is 11.3 Å². The van der Waals surface area contributed by atoms with Gasteiger partial charge >= 0.3 is 6.03 Å². The Morgan fingerprint density at radius 2 is 2.39 bits per heavy atom. The molecule has 0 aliphatic carbocycles. The first kappa shape index (κ1) is 11.3. The number of ether oxygens (including phenoxy) is 2. The summed E-state index contributed by atoms with van der Waals surface area (Å²) >= 11 is 0. The lowest BCUT2D eigenvalue weighted by Gasteiger charge is -2.19. The van der Waals surface area contributed by atoms with E-state index in [0.717, 1.165) is 36.6 Å². The van der Waals surface area contributed by atoms with E-state index in [9.17, 15) is 4.79 Å². The monoisotopic (exact) mass is 248 g/mol. The molecule has 1 atom stereocenters. The van der Waals surface area contributed by atoms with Crippen LogP contribution in [0.4, 0.5) is 10.5 Å². The number of benzene rings is 1. The van der Waals surface area contributed by atoms with Gasteiger partial charge in [-0.25, -0.2) is 4.79 Å². The van der Waals surface area contributed by atoms with Crippen LogP contribution in [0.1, 0.15) is 12.0 Å². The van der Waals surface area contributed by atoms with Crippen molar-refractivity contribution in [3.8, 4) is 5.75 Å². The van der Waals surface area contributed by atoms with Gasteiger partial charge < -0.3 is 20.1 Å². The van der Waals surface area contributed by atoms with Crippen molar-refractivity contribution in [1.29, 1.82) is 0 Å². The molecular formula is C13H16N2O3. The molecule has 96 valence electrons. The molecule has 3 rings (SSSR count). The van der Waals surface area contributed by atoms with Crippen LogP contribution in [0.3, 0.4) is 0 Å². The highest BCUT2D eigenvalue weighted by Crippen LogP contribution is 2.25. The molecule has 0 bridgehead atoms. The number of carbonyl (C=O) groups is 1. The van der Waals surface area contributed by atoms with Crippen LogP contribution in [0, 0.1) is 5.92 Å². The lowest BCUT2D eigenvalue weighted by Crippen LogP contribution is -2.33. The molecule has 0 saturated carbocycles. The minimum absolute atomic E-state index is 0.163. The third-order valence-electron chi connectivity index (χ3n) is 3.28. The zero-order chi connectivity index (χ0) is 12.4. The van der Waals surface area contributed by atoms with Crippen molar-refractivity contribution in [2.45, 2.75) is 13.0 Å². The Morgan fingerprint density at radius 1 is 1.44 bits per heavy atom. The Morgan fingerprint density at radius 3 is 3.22 bits per heavy atom. The number of hydrogen-bond acceptors (Lipinski definition) is 3. The third kappa shape index (κ3) is 2.41. The Kier molecular flexibility index (Phi) is 3.06. The van der Waals surface area contributed by atoms with Crippen LogP contribution in [0.25, 0.3) is 0 Å². The molecule has 1 aromatic rings. The topological polar surface area (TPSA) is 59.6 Å². The van der Waals surface area contributed by atoms with Crippen LogP contribution in [-0.4, -0.2) is 25.9 Å². The highest BCUT2D eigenvalue weighted by molar-refractivity contribution is 5.92. The molecule has 2 heterocycles. The molecule has 2 aliphatic rings. The van der Waals surface area contributed by atoms with E-state index in [0.29, 0.717) is 19.1 Å². The van der Waals surface area contributed by atoms with E-state index in [-0.39, 0.29) is 6.03 Å². The van der Waals surface area contributed by atoms with Crippen molar-refractivity contribution in [3.63, 3.8) is 0 Å². The Balaban J connectivity index is 1.65. The number of rotatable bonds is 3. The van der Waals surface area contributed by atoms with Crippen LogP contribution >= 0.6 is 0 Å². The Bertz CT molecular complexity index is 456. The van der Waals surface area contributed by atoms with Gasteiger partial charge in [0, 0.05) is 25.1 Å². The minimum Gasteiger partial charge on any atom is -0.493 e. The molecule has 5 heteroatoms. The summed E-state index contributed by atoms with van der Waals surface area (Å²) in [6.45, 7) is 2.86. The first-order chi connectivity index (χ1) is 8.81. The highest BCUT2D eigenvalue weighted by Gasteiger charge is 2.17. The standard InChI is InChI=1S/C13H16N2O3/c16-13-14-6-10-1-2-11(5-12(10)15-13)18-8-9-3-4-17-7-9/h1-2,5,9H,3-4,6-8H2,(H2,14,15,16). The van der Waals surface area contributed by atoms with Gasteiger partial charge in [-0.15, -0.1) is 0 Å². The molecule has 2 aliphatic heterocycles. The first-order valence-electron chi connectivity index (χ1n) is 6.19. The number of carbonyl (C=O) groups excluding carboxylic acids is 1. The predicted molar refractivity (Wildman–Crippen MR) is 66.7 cm³/mol. The number of amides is 2. The lowest BCUT2D eigenvalue weighted by molar-refractivity contribution is 0.167. The van der Waals surface area contributed by atoms with Crippen molar-refractivity contribution >= 4 is 11.7 Å². The molecule has 5 nitrogen and oxygen atoms in total. The van der Waals surface area contributed by atoms with Crippen LogP contribution < -0.4 is 15.4 Å². The largest absolute Gasteiger partial charge is 0.493 e. The molecule has 2 N–H and O–H groups in total. The Hall–Kier alpha value is -1.75. The summed E-state index contributed by atoms with van der Waals surface area (Å²) in [4.78, 5) is 11.2. The fourth-order valence-electron chi connectivity index (χ4n) is 2.19. The lowest BCUT2D eigenvalue weighted by atomic mass is 10.1. The maximum absolute atomic E-state index is 11.2. The van der Waals surface area contributed by atoms with E-state index in [4.69, 9.17) is 9.47 Å². The molecule has 18 heavy (non-hydrogen) atoms. The fourth-order valence-corrected chi connectivity index (χ4v) is 2.19. The third-order valence-corrected chi connectivity index (χ3v) is 3.28. The predicted octanol–water partition coefficient (Wildman–Crippen LogP) is 1.74. The maximum Gasteiger partial charge on any atom is 0.319 e. The summed E-state index contributed by atoms with van der Waals surface area (Å²) in [6.07, 6.45) is 1.06. The van der Waals surface area contributed by atoms with Crippen molar-refractivity contribution in [2.75, 3.05) is 25.1 Å². The van der Waals surface area contributed by atoms with Crippen LogP contribution in [0.15, 0.2) is 18.2 Å². The molecule has 0 aromatic heterocycles. The minimum atomic E-state index is -0.163. The summed E-state index contributed by atoms with van der Waals surface area (Å²) in [6, 6.07) is 5.63. The molecule has 2 amide bonds. The van der Waals surface area contributed by atoms with Crippen molar-refractivity contribution in [2.24, 2.45) is 5.92 Å². The molecule has 0 radical (unpaired) electrons. The normalized spacial score (nSPS) is 22.0. The Labute approximate surface area is 105 Å². The second-order valence-electron chi connectivity index (χ2n) is 4.67. The van der Waals surface area contributed by atoms with Gasteiger partial charge in [0.2, 0.25) is 0 Å². The van der Waals surface area contributed by atoms with Crippen LogP contribution in [0.2, 0.25) is 0 Å². The van der Waals surface area contributed by atoms with Gasteiger partial charge in [-0.2, -0.15) is 0 Å². The van der Waals surface area contributed by atoms with Crippen molar-refractivity contribution in [3.05, 3.63) is 23.8 Å². The highest BCUT2D eigenvalue weighted by atomic mass is 16.5. The van der Waals surface area contributed by atoms with E-state index >= 15 is 0 Å². The molecule has 1 saturated heterocycles. The molecule has 1 fully saturated rings. The zero-order valence-corrected chi connectivity index (χ0v) is 10.1. The van der Waals surface area contributed by atoms with Gasteiger partial charge in [0.15, 0.2) is 0 Å². The smallest absolute Gasteiger partial charge is 0.319 e. The first-order valence-corrected chi connectivity index (χ1v) is 6.19. The summed E-state index contributed by atoms with van der Waals surface area (Å²) in [5.74, 6) is 1.28. The number of hydrogen-bond donors (Lipinski definition) is 2. The summed E-state index contributed by atoms with van der Waals surface area (Å²) in [5.41, 5.74) is 1.91.